The third-order valence-electron chi connectivity index (χ3n) is 11.9. The minimum absolute atomic E-state index is 0.536. The predicted octanol–water partition coefficient (Wildman–Crippen LogP) is 9.53. The largest absolute Gasteiger partial charge is 0.418 e. The predicted molar refractivity (Wildman–Crippen MR) is 197 cm³/mol. The van der Waals surface area contributed by atoms with Crippen molar-refractivity contribution < 1.29 is 9.13 Å². The van der Waals surface area contributed by atoms with Crippen LogP contribution in [0.25, 0.3) is 55.9 Å². The van der Waals surface area contributed by atoms with Crippen molar-refractivity contribution in [3.63, 3.8) is 0 Å². The van der Waals surface area contributed by atoms with Gasteiger partial charge in [-0.2, -0.15) is 0 Å². The summed E-state index contributed by atoms with van der Waals surface area (Å²) in [7, 11) is 0. The number of pyridine rings is 2. The van der Waals surface area contributed by atoms with Gasteiger partial charge in [0.05, 0.1) is 16.5 Å². The molecular weight excluding hydrogens is 605 g/mol. The van der Waals surface area contributed by atoms with Gasteiger partial charge in [-0.25, -0.2) is 0 Å². The lowest BCUT2D eigenvalue weighted by molar-refractivity contribution is -0.955. The van der Waals surface area contributed by atoms with Crippen LogP contribution in [0.4, 0.5) is 0 Å². The van der Waals surface area contributed by atoms with E-state index in [-0.39, 0.29) is 0 Å². The Balaban J connectivity index is 1.37. The van der Waals surface area contributed by atoms with Gasteiger partial charge in [0, 0.05) is 24.3 Å². The Bertz CT molecular complexity index is 2570. The highest BCUT2D eigenvalue weighted by Gasteiger charge is 2.73. The second kappa shape index (κ2) is 9.19. The van der Waals surface area contributed by atoms with Crippen LogP contribution in [0.2, 0.25) is 0 Å². The number of fused-ring (bicyclic) bond motifs is 11. The number of rotatable bonds is 2. The van der Waals surface area contributed by atoms with Crippen LogP contribution in [-0.2, 0) is 11.1 Å². The van der Waals surface area contributed by atoms with Crippen molar-refractivity contribution in [3.8, 4) is 55.9 Å². The van der Waals surface area contributed by atoms with Gasteiger partial charge in [-0.3, -0.25) is 0 Å². The normalized spacial score (nSPS) is 15.1. The van der Waals surface area contributed by atoms with Crippen LogP contribution in [0.15, 0.2) is 182 Å². The maximum Gasteiger partial charge on any atom is 0.418 e. The molecule has 8 aromatic rings. The zero-order chi connectivity index (χ0) is 32.6. The molecule has 2 aliphatic carbocycles. The highest BCUT2D eigenvalue weighted by Crippen LogP contribution is 2.66. The quantitative estimate of drug-likeness (QED) is 0.167. The van der Waals surface area contributed by atoms with E-state index in [0.717, 1.165) is 0 Å². The number of aromatic nitrogens is 2. The highest BCUT2D eigenvalue weighted by atomic mass is 15.3. The molecule has 230 valence electrons. The van der Waals surface area contributed by atoms with Gasteiger partial charge in [0.1, 0.15) is 11.1 Å². The molecule has 2 nitrogen and oxygen atoms in total. The maximum atomic E-state index is 2.57. The topological polar surface area (TPSA) is 7.76 Å². The molecule has 0 radical (unpaired) electrons. The van der Waals surface area contributed by atoms with Gasteiger partial charge in [0.15, 0.2) is 12.4 Å². The SMILES string of the molecule is c1ccc(-c2cc3c4c(c2)C2(c5ccccc5-c5ccccc52)c2cc(-c5ccccc5)cc5c2C4([n+]2ccccc2-3)[n+]2ccccc2-5)cc1. The average molecular weight is 635 g/mol. The minimum Gasteiger partial charge on any atom is -0.126 e. The highest BCUT2D eigenvalue weighted by molar-refractivity contribution is 5.94. The lowest BCUT2D eigenvalue weighted by atomic mass is 9.58. The third-order valence-corrected chi connectivity index (χ3v) is 11.9. The molecule has 2 spiro atoms. The zero-order valence-electron chi connectivity index (χ0n) is 27.2. The summed E-state index contributed by atoms with van der Waals surface area (Å²) in [5.41, 5.74) is 19.8. The Labute approximate surface area is 290 Å². The molecule has 0 bridgehead atoms. The van der Waals surface area contributed by atoms with Gasteiger partial charge < -0.3 is 0 Å². The average Bonchev–Trinajstić information content (AvgIpc) is 3.78. The van der Waals surface area contributed by atoms with Crippen LogP contribution in [-0.4, -0.2) is 0 Å². The summed E-state index contributed by atoms with van der Waals surface area (Å²) in [5.74, 6) is 0. The first-order valence-electron chi connectivity index (χ1n) is 17.5. The molecule has 0 saturated carbocycles. The molecule has 6 aromatic carbocycles. The molecule has 0 unspecified atom stereocenters. The van der Waals surface area contributed by atoms with E-state index in [0.29, 0.717) is 0 Å². The van der Waals surface area contributed by atoms with Crippen molar-refractivity contribution in [1.29, 1.82) is 0 Å². The molecule has 4 aliphatic rings. The Morgan fingerprint density at radius 2 is 0.740 bits per heavy atom. The number of hydrogen-bond donors (Lipinski definition) is 0. The zero-order valence-corrected chi connectivity index (χ0v) is 27.2. The van der Waals surface area contributed by atoms with Gasteiger partial charge in [-0.1, -0.05) is 109 Å². The van der Waals surface area contributed by atoms with Crippen LogP contribution < -0.4 is 9.13 Å². The van der Waals surface area contributed by atoms with E-state index in [1.807, 2.05) is 0 Å². The molecule has 0 atom stereocenters. The number of nitrogens with zero attached hydrogens (tertiary/aromatic N) is 2. The van der Waals surface area contributed by atoms with Crippen LogP contribution in [0.5, 0.6) is 0 Å². The molecule has 0 saturated heterocycles. The molecule has 12 rings (SSSR count). The van der Waals surface area contributed by atoms with Crippen molar-refractivity contribution in [1.82, 2.24) is 0 Å². The summed E-state index contributed by atoms with van der Waals surface area (Å²) in [6.07, 6.45) is 4.62. The smallest absolute Gasteiger partial charge is 0.126 e. The van der Waals surface area contributed by atoms with Crippen LogP contribution in [0, 0.1) is 0 Å². The second-order valence-corrected chi connectivity index (χ2v) is 14.0. The Hall–Kier alpha value is -6.38. The van der Waals surface area contributed by atoms with E-state index in [4.69, 9.17) is 0 Å². The molecule has 0 amide bonds. The van der Waals surface area contributed by atoms with Gasteiger partial charge in [-0.15, -0.1) is 9.13 Å². The summed E-state index contributed by atoms with van der Waals surface area (Å²) in [5, 5.41) is 0. The Morgan fingerprint density at radius 3 is 1.22 bits per heavy atom. The van der Waals surface area contributed by atoms with E-state index >= 15 is 0 Å². The van der Waals surface area contributed by atoms with E-state index < -0.39 is 11.1 Å². The Morgan fingerprint density at radius 1 is 0.320 bits per heavy atom. The molecule has 2 aliphatic heterocycles. The van der Waals surface area contributed by atoms with Crippen LogP contribution >= 0.6 is 0 Å². The van der Waals surface area contributed by atoms with Crippen molar-refractivity contribution in [3.05, 3.63) is 216 Å². The summed E-state index contributed by atoms with van der Waals surface area (Å²) in [6.45, 7) is 0. The van der Waals surface area contributed by atoms with Crippen molar-refractivity contribution in [2.75, 3.05) is 0 Å². The van der Waals surface area contributed by atoms with Crippen molar-refractivity contribution in [2.45, 2.75) is 11.1 Å². The molecule has 50 heavy (non-hydrogen) atoms. The second-order valence-electron chi connectivity index (χ2n) is 14.0. The summed E-state index contributed by atoms with van der Waals surface area (Å²) >= 11 is 0. The van der Waals surface area contributed by atoms with E-state index in [1.54, 1.807) is 0 Å². The van der Waals surface area contributed by atoms with E-state index in [2.05, 4.69) is 191 Å². The molecular formula is C48H30N2+2. The first kappa shape index (κ1) is 26.6. The summed E-state index contributed by atoms with van der Waals surface area (Å²) < 4.78 is 5.13. The molecule has 0 N–H and O–H groups in total. The Kier molecular flexibility index (Phi) is 4.88. The molecule has 4 heterocycles. The molecule has 2 heteroatoms. The summed E-state index contributed by atoms with van der Waals surface area (Å²) in [6, 6.07) is 63.7. The van der Waals surface area contributed by atoms with Gasteiger partial charge in [0.2, 0.25) is 11.4 Å². The van der Waals surface area contributed by atoms with Gasteiger partial charge >= 0.3 is 5.66 Å². The lowest BCUT2D eigenvalue weighted by Gasteiger charge is -2.41. The maximum absolute atomic E-state index is 2.57. The van der Waals surface area contributed by atoms with Gasteiger partial charge in [-0.05, 0) is 92.0 Å². The van der Waals surface area contributed by atoms with E-state index in [1.165, 1.54) is 89.3 Å². The summed E-state index contributed by atoms with van der Waals surface area (Å²) in [4.78, 5) is 0. The van der Waals surface area contributed by atoms with Crippen molar-refractivity contribution >= 4 is 0 Å². The van der Waals surface area contributed by atoms with Crippen LogP contribution in [0.3, 0.4) is 0 Å². The first-order chi connectivity index (χ1) is 24.8. The standard InChI is InChI=1S/C48H30N2/c1-3-15-31(16-4-1)33-27-37-43-23-11-13-25-49(43)48-45(37)41(29-33)47(39-21-9-7-19-35(39)36-20-8-10-22-40(36)47)42-30-34(32-17-5-2-6-18-32)28-38(46(42)48)44-24-12-14-26-50(44)48/h1-30H/q+2. The monoisotopic (exact) mass is 634 g/mol. The molecule has 2 aromatic heterocycles. The molecule has 0 fully saturated rings. The minimum atomic E-state index is -0.579. The lowest BCUT2D eigenvalue weighted by Crippen LogP contribution is -2.73. The number of hydrogen-bond acceptors (Lipinski definition) is 0. The fourth-order valence-corrected chi connectivity index (χ4v) is 10.2. The fraction of sp³-hybridized carbons (Fsp3) is 0.0417. The van der Waals surface area contributed by atoms with E-state index in [9.17, 15) is 0 Å². The van der Waals surface area contributed by atoms with Gasteiger partial charge in [0.25, 0.3) is 0 Å². The third kappa shape index (κ3) is 2.91. The van der Waals surface area contributed by atoms with Crippen LogP contribution in [0.1, 0.15) is 33.4 Å². The first-order valence-corrected chi connectivity index (χ1v) is 17.5. The number of benzene rings is 6. The van der Waals surface area contributed by atoms with Crippen molar-refractivity contribution in [2.24, 2.45) is 0 Å². The fourth-order valence-electron chi connectivity index (χ4n) is 10.2.